The van der Waals surface area contributed by atoms with Crippen LogP contribution >= 0.6 is 69.6 Å². The fraction of sp³-hybridized carbons (Fsp3) is 0.0526. The van der Waals surface area contributed by atoms with Gasteiger partial charge in [-0.1, -0.05) is 69.6 Å². The van der Waals surface area contributed by atoms with Gasteiger partial charge in [0, 0.05) is 21.2 Å². The molecule has 2 aromatic carbocycles. The van der Waals surface area contributed by atoms with E-state index < -0.39 is 5.97 Å². The summed E-state index contributed by atoms with van der Waals surface area (Å²) >= 11 is 37.2. The highest BCUT2D eigenvalue weighted by molar-refractivity contribution is 6.42. The number of halogens is 6. The molecule has 0 aliphatic rings. The summed E-state index contributed by atoms with van der Waals surface area (Å²) in [6.07, 6.45) is -0.242. The Hall–Kier alpha value is -1.20. The van der Waals surface area contributed by atoms with Crippen molar-refractivity contribution >= 4 is 75.6 Å². The van der Waals surface area contributed by atoms with E-state index in [0.717, 1.165) is 0 Å². The Morgan fingerprint density at radius 3 is 1.39 bits per heavy atom. The standard InChI is InChI=1S/C19H9Cl6NO2/c20-9-4-11(22)18(12(23)5-9)15-1-8(3-17(27)28)2-16(26-15)19-13(24)6-10(21)7-14(19)25/h1-2,4-7H,3H2,(H,27,28). The number of pyridine rings is 1. The molecule has 0 unspecified atom stereocenters. The summed E-state index contributed by atoms with van der Waals surface area (Å²) in [6.45, 7) is 0. The molecule has 0 saturated carbocycles. The monoisotopic (exact) mass is 493 g/mol. The Labute approximate surface area is 190 Å². The van der Waals surface area contributed by atoms with Gasteiger partial charge in [0.2, 0.25) is 0 Å². The normalized spacial score (nSPS) is 10.9. The molecule has 0 amide bonds. The minimum absolute atomic E-state index is 0.242. The van der Waals surface area contributed by atoms with Crippen molar-refractivity contribution in [2.24, 2.45) is 0 Å². The van der Waals surface area contributed by atoms with Gasteiger partial charge in [0.15, 0.2) is 0 Å². The maximum Gasteiger partial charge on any atom is 0.307 e. The lowest BCUT2D eigenvalue weighted by atomic mass is 10.0. The number of carbonyl (C=O) groups is 1. The summed E-state index contributed by atoms with van der Waals surface area (Å²) in [5, 5.41) is 11.1. The van der Waals surface area contributed by atoms with E-state index in [1.807, 2.05) is 0 Å². The molecule has 0 atom stereocenters. The van der Waals surface area contributed by atoms with Crippen LogP contribution in [0, 0.1) is 0 Å². The molecule has 0 aliphatic carbocycles. The largest absolute Gasteiger partial charge is 0.481 e. The molecule has 0 bridgehead atoms. The van der Waals surface area contributed by atoms with Crippen molar-refractivity contribution in [2.45, 2.75) is 6.42 Å². The lowest BCUT2D eigenvalue weighted by molar-refractivity contribution is -0.136. The van der Waals surface area contributed by atoms with Gasteiger partial charge in [-0.3, -0.25) is 4.79 Å². The molecule has 3 rings (SSSR count). The minimum atomic E-state index is -1.01. The van der Waals surface area contributed by atoms with Gasteiger partial charge >= 0.3 is 5.97 Å². The first-order chi connectivity index (χ1) is 13.2. The van der Waals surface area contributed by atoms with Crippen molar-refractivity contribution in [2.75, 3.05) is 0 Å². The molecular formula is C19H9Cl6NO2. The van der Waals surface area contributed by atoms with Crippen LogP contribution in [0.5, 0.6) is 0 Å². The third-order valence-electron chi connectivity index (χ3n) is 3.77. The van der Waals surface area contributed by atoms with Crippen LogP contribution in [-0.2, 0) is 11.2 Å². The minimum Gasteiger partial charge on any atom is -0.481 e. The van der Waals surface area contributed by atoms with Gasteiger partial charge in [0.05, 0.1) is 37.9 Å². The van der Waals surface area contributed by atoms with Gasteiger partial charge < -0.3 is 5.11 Å². The molecule has 0 saturated heterocycles. The van der Waals surface area contributed by atoms with Crippen LogP contribution in [0.4, 0.5) is 0 Å². The number of aliphatic carboxylic acids is 1. The van der Waals surface area contributed by atoms with Crippen molar-refractivity contribution in [3.63, 3.8) is 0 Å². The van der Waals surface area contributed by atoms with E-state index in [1.165, 1.54) is 24.3 Å². The number of carboxylic acids is 1. The maximum atomic E-state index is 11.3. The second kappa shape index (κ2) is 8.66. The molecular weight excluding hydrogens is 487 g/mol. The van der Waals surface area contributed by atoms with Crippen molar-refractivity contribution in [3.8, 4) is 22.5 Å². The van der Waals surface area contributed by atoms with Crippen molar-refractivity contribution in [1.29, 1.82) is 0 Å². The van der Waals surface area contributed by atoms with E-state index in [2.05, 4.69) is 4.98 Å². The summed E-state index contributed by atoms with van der Waals surface area (Å²) in [4.78, 5) is 15.8. The van der Waals surface area contributed by atoms with Gasteiger partial charge in [0.25, 0.3) is 0 Å². The fourth-order valence-electron chi connectivity index (χ4n) is 2.69. The predicted octanol–water partition coefficient (Wildman–Crippen LogP) is 7.96. The molecule has 3 nitrogen and oxygen atoms in total. The third-order valence-corrected chi connectivity index (χ3v) is 5.40. The van der Waals surface area contributed by atoms with Crippen molar-refractivity contribution in [3.05, 3.63) is 72.1 Å². The lowest BCUT2D eigenvalue weighted by Gasteiger charge is -2.13. The number of carboxylic acid groups (broad SMARTS) is 1. The first-order valence-electron chi connectivity index (χ1n) is 7.68. The van der Waals surface area contributed by atoms with Gasteiger partial charge in [0.1, 0.15) is 0 Å². The Kier molecular flexibility index (Phi) is 6.65. The van der Waals surface area contributed by atoms with Crippen LogP contribution in [0.2, 0.25) is 30.1 Å². The van der Waals surface area contributed by atoms with Crippen molar-refractivity contribution in [1.82, 2.24) is 4.98 Å². The molecule has 3 aromatic rings. The third kappa shape index (κ3) is 4.68. The maximum absolute atomic E-state index is 11.3. The first-order valence-corrected chi connectivity index (χ1v) is 9.95. The smallest absolute Gasteiger partial charge is 0.307 e. The summed E-state index contributed by atoms with van der Waals surface area (Å²) in [5.41, 5.74) is 2.03. The zero-order valence-corrected chi connectivity index (χ0v) is 18.3. The second-order valence-corrected chi connectivity index (χ2v) is 8.31. The van der Waals surface area contributed by atoms with E-state index in [0.29, 0.717) is 38.1 Å². The van der Waals surface area contributed by atoms with Crippen LogP contribution in [0.25, 0.3) is 22.5 Å². The van der Waals surface area contributed by atoms with Crippen LogP contribution in [0.3, 0.4) is 0 Å². The van der Waals surface area contributed by atoms with E-state index in [9.17, 15) is 9.90 Å². The lowest BCUT2D eigenvalue weighted by Crippen LogP contribution is -2.02. The van der Waals surface area contributed by atoms with Crippen LogP contribution < -0.4 is 0 Å². The molecule has 28 heavy (non-hydrogen) atoms. The van der Waals surface area contributed by atoms with Gasteiger partial charge in [-0.05, 0) is 42.0 Å². The summed E-state index contributed by atoms with van der Waals surface area (Å²) in [6, 6.07) is 9.29. The Bertz CT molecular complexity index is 978. The fourth-order valence-corrected chi connectivity index (χ4v) is 4.72. The highest BCUT2D eigenvalue weighted by Crippen LogP contribution is 2.40. The number of hydrogen-bond acceptors (Lipinski definition) is 2. The predicted molar refractivity (Wildman–Crippen MR) is 117 cm³/mol. The molecule has 0 aliphatic heterocycles. The van der Waals surface area contributed by atoms with Gasteiger partial charge in [-0.15, -0.1) is 0 Å². The molecule has 0 fully saturated rings. The highest BCUT2D eigenvalue weighted by atomic mass is 35.5. The highest BCUT2D eigenvalue weighted by Gasteiger charge is 2.18. The van der Waals surface area contributed by atoms with Crippen LogP contribution in [0.1, 0.15) is 5.56 Å². The van der Waals surface area contributed by atoms with Gasteiger partial charge in [-0.25, -0.2) is 4.98 Å². The van der Waals surface area contributed by atoms with E-state index in [1.54, 1.807) is 12.1 Å². The molecule has 9 heteroatoms. The zero-order valence-electron chi connectivity index (χ0n) is 13.7. The molecule has 1 aromatic heterocycles. The summed E-state index contributed by atoms with van der Waals surface area (Å²) in [5.74, 6) is -1.01. The topological polar surface area (TPSA) is 50.2 Å². The summed E-state index contributed by atoms with van der Waals surface area (Å²) in [7, 11) is 0. The Morgan fingerprint density at radius 1 is 0.714 bits per heavy atom. The molecule has 1 heterocycles. The van der Waals surface area contributed by atoms with E-state index >= 15 is 0 Å². The number of aromatic nitrogens is 1. The number of hydrogen-bond donors (Lipinski definition) is 1. The molecule has 144 valence electrons. The SMILES string of the molecule is O=C(O)Cc1cc(-c2c(Cl)cc(Cl)cc2Cl)nc(-c2c(Cl)cc(Cl)cc2Cl)c1. The first kappa shape index (κ1) is 21.5. The summed E-state index contributed by atoms with van der Waals surface area (Å²) < 4.78 is 0. The van der Waals surface area contributed by atoms with E-state index in [4.69, 9.17) is 69.6 Å². The van der Waals surface area contributed by atoms with Crippen molar-refractivity contribution < 1.29 is 9.90 Å². The average molecular weight is 496 g/mol. The Morgan fingerprint density at radius 2 is 1.07 bits per heavy atom. The van der Waals surface area contributed by atoms with Gasteiger partial charge in [-0.2, -0.15) is 0 Å². The zero-order chi connectivity index (χ0) is 20.6. The number of rotatable bonds is 4. The van der Waals surface area contributed by atoms with Crippen LogP contribution in [-0.4, -0.2) is 16.1 Å². The van der Waals surface area contributed by atoms with Crippen LogP contribution in [0.15, 0.2) is 36.4 Å². The Balaban J connectivity index is 2.29. The second-order valence-electron chi connectivity index (χ2n) is 5.81. The molecule has 0 spiro atoms. The number of nitrogens with zero attached hydrogens (tertiary/aromatic N) is 1. The molecule has 0 radical (unpaired) electrons. The van der Waals surface area contributed by atoms with E-state index in [-0.39, 0.29) is 26.5 Å². The quantitative estimate of drug-likeness (QED) is 0.399. The average Bonchev–Trinajstić information content (AvgIpc) is 2.51. The molecule has 1 N–H and O–H groups in total. The number of benzene rings is 2.